The molecule has 2 fully saturated rings. The zero-order valence-electron chi connectivity index (χ0n) is 28.1. The summed E-state index contributed by atoms with van der Waals surface area (Å²) in [6.45, 7) is 20.0. The maximum Gasteiger partial charge on any atom is 0.323 e. The number of allylic oxidation sites excluding steroid dienone is 4. The van der Waals surface area contributed by atoms with Crippen molar-refractivity contribution in [2.45, 2.75) is 145 Å². The van der Waals surface area contributed by atoms with Crippen LogP contribution in [0.5, 0.6) is 0 Å². The molecule has 8 atom stereocenters. The molecule has 6 nitrogen and oxygen atoms in total. The van der Waals surface area contributed by atoms with Gasteiger partial charge < -0.3 is 21.5 Å². The predicted octanol–water partition coefficient (Wildman–Crippen LogP) is 7.62. The van der Waals surface area contributed by atoms with Crippen LogP contribution in [-0.2, 0) is 9.53 Å². The molecular weight excluding hydrogens is 520 g/mol. The van der Waals surface area contributed by atoms with Crippen LogP contribution in [0.1, 0.15) is 132 Å². The van der Waals surface area contributed by atoms with E-state index < -0.39 is 6.04 Å². The Kier molecular flexibility index (Phi) is 9.68. The van der Waals surface area contributed by atoms with Crippen molar-refractivity contribution in [3.05, 3.63) is 22.8 Å². The summed E-state index contributed by atoms with van der Waals surface area (Å²) in [5.41, 5.74) is 17.4. The highest BCUT2D eigenvalue weighted by molar-refractivity contribution is 5.76. The number of ether oxygens (including phenoxy) is 1. The Balaban J connectivity index is 1.48. The molecule has 238 valence electrons. The lowest BCUT2D eigenvalue weighted by atomic mass is 9.43. The third-order valence-electron chi connectivity index (χ3n) is 13.2. The Morgan fingerprint density at radius 3 is 2.43 bits per heavy atom. The first-order chi connectivity index (χ1) is 19.6. The number of carbonyl (C=O) groups excluding carboxylic acids is 1. The molecule has 1 unspecified atom stereocenters. The van der Waals surface area contributed by atoms with Crippen molar-refractivity contribution in [1.82, 2.24) is 5.32 Å². The second kappa shape index (κ2) is 12.3. The molecule has 4 aliphatic rings. The SMILES string of the molecule is CC(C)=CCC[C@@H](C)[C@H]1CC[C@@]2(C)C3=C(CC[C@]12C)[C@@]1(C)CC[C@H](OC(=O)[C@@H](N)CCCNC(=N)N)C(C)(C)C1CC3. The summed E-state index contributed by atoms with van der Waals surface area (Å²) >= 11 is 0. The normalized spacial score (nSPS) is 36.6. The average Bonchev–Trinajstić information content (AvgIpc) is 3.19. The lowest BCUT2D eigenvalue weighted by molar-refractivity contribution is -0.171. The Morgan fingerprint density at radius 2 is 1.76 bits per heavy atom. The number of carbonyl (C=O) groups is 1. The fourth-order valence-corrected chi connectivity index (χ4v) is 10.6. The first kappa shape index (κ1) is 33.1. The molecule has 0 saturated heterocycles. The van der Waals surface area contributed by atoms with Crippen molar-refractivity contribution < 1.29 is 9.53 Å². The van der Waals surface area contributed by atoms with Crippen LogP contribution in [0, 0.1) is 44.8 Å². The van der Waals surface area contributed by atoms with Gasteiger partial charge in [0.1, 0.15) is 12.1 Å². The van der Waals surface area contributed by atoms with Gasteiger partial charge in [0.2, 0.25) is 0 Å². The van der Waals surface area contributed by atoms with Gasteiger partial charge in [-0.1, -0.05) is 64.3 Å². The third kappa shape index (κ3) is 5.83. The highest BCUT2D eigenvalue weighted by atomic mass is 16.5. The first-order valence-corrected chi connectivity index (χ1v) is 17.0. The second-order valence-electron chi connectivity index (χ2n) is 16.1. The van der Waals surface area contributed by atoms with Gasteiger partial charge in [0, 0.05) is 12.0 Å². The molecule has 0 aromatic carbocycles. The van der Waals surface area contributed by atoms with E-state index in [1.54, 1.807) is 5.57 Å². The van der Waals surface area contributed by atoms with Crippen molar-refractivity contribution >= 4 is 11.9 Å². The number of nitrogens with two attached hydrogens (primary N) is 2. The summed E-state index contributed by atoms with van der Waals surface area (Å²) < 4.78 is 6.20. The van der Waals surface area contributed by atoms with E-state index in [2.05, 4.69) is 66.8 Å². The summed E-state index contributed by atoms with van der Waals surface area (Å²) in [5.74, 6) is 1.73. The van der Waals surface area contributed by atoms with E-state index in [1.165, 1.54) is 56.9 Å². The van der Waals surface area contributed by atoms with Gasteiger partial charge in [-0.15, -0.1) is 0 Å². The minimum atomic E-state index is -0.640. The second-order valence-corrected chi connectivity index (χ2v) is 16.1. The Hall–Kier alpha value is -1.82. The van der Waals surface area contributed by atoms with Gasteiger partial charge in [-0.05, 0) is 125 Å². The molecule has 0 amide bonds. The average molecular weight is 583 g/mol. The van der Waals surface area contributed by atoms with Crippen LogP contribution < -0.4 is 16.8 Å². The zero-order chi connectivity index (χ0) is 31.1. The van der Waals surface area contributed by atoms with Gasteiger partial charge in [0.15, 0.2) is 5.96 Å². The third-order valence-corrected chi connectivity index (χ3v) is 13.2. The fourth-order valence-electron chi connectivity index (χ4n) is 10.6. The molecule has 0 bridgehead atoms. The van der Waals surface area contributed by atoms with E-state index in [9.17, 15) is 4.79 Å². The summed E-state index contributed by atoms with van der Waals surface area (Å²) in [5, 5.41) is 10.1. The van der Waals surface area contributed by atoms with Crippen molar-refractivity contribution in [3.63, 3.8) is 0 Å². The monoisotopic (exact) mass is 582 g/mol. The van der Waals surface area contributed by atoms with Gasteiger partial charge in [-0.3, -0.25) is 10.2 Å². The minimum absolute atomic E-state index is 0.0575. The highest BCUT2D eigenvalue weighted by Crippen LogP contribution is 2.72. The zero-order valence-corrected chi connectivity index (χ0v) is 28.1. The fraction of sp³-hybridized carbons (Fsp3) is 0.833. The predicted molar refractivity (Wildman–Crippen MR) is 174 cm³/mol. The van der Waals surface area contributed by atoms with Crippen molar-refractivity contribution in [1.29, 1.82) is 5.41 Å². The molecule has 0 aliphatic heterocycles. The lowest BCUT2D eigenvalue weighted by Crippen LogP contribution is -2.56. The van der Waals surface area contributed by atoms with Crippen molar-refractivity contribution in [3.8, 4) is 0 Å². The number of hydrogen-bond acceptors (Lipinski definition) is 4. The number of fused-ring (bicyclic) bond motifs is 4. The van der Waals surface area contributed by atoms with Crippen LogP contribution in [0.4, 0.5) is 0 Å². The van der Waals surface area contributed by atoms with Crippen LogP contribution in [0.2, 0.25) is 0 Å². The molecular formula is C36H62N4O2. The molecule has 6 heteroatoms. The molecule has 0 aromatic rings. The van der Waals surface area contributed by atoms with E-state index >= 15 is 0 Å². The van der Waals surface area contributed by atoms with Gasteiger partial charge in [-0.25, -0.2) is 0 Å². The minimum Gasteiger partial charge on any atom is -0.461 e. The topological polar surface area (TPSA) is 114 Å². The smallest absolute Gasteiger partial charge is 0.323 e. The van der Waals surface area contributed by atoms with E-state index in [4.69, 9.17) is 21.6 Å². The quantitative estimate of drug-likeness (QED) is 0.0695. The van der Waals surface area contributed by atoms with Gasteiger partial charge in [0.05, 0.1) is 0 Å². The number of esters is 1. The van der Waals surface area contributed by atoms with Crippen LogP contribution >= 0.6 is 0 Å². The molecule has 42 heavy (non-hydrogen) atoms. The molecule has 0 spiro atoms. The number of rotatable bonds is 10. The molecule has 0 heterocycles. The summed E-state index contributed by atoms with van der Waals surface area (Å²) in [7, 11) is 0. The molecule has 0 radical (unpaired) electrons. The number of hydrogen-bond donors (Lipinski definition) is 4. The summed E-state index contributed by atoms with van der Waals surface area (Å²) in [4.78, 5) is 13.0. The van der Waals surface area contributed by atoms with Crippen LogP contribution in [-0.4, -0.2) is 30.6 Å². The van der Waals surface area contributed by atoms with Crippen molar-refractivity contribution in [2.24, 2.45) is 50.9 Å². The molecule has 2 saturated carbocycles. The van der Waals surface area contributed by atoms with Crippen LogP contribution in [0.3, 0.4) is 0 Å². The van der Waals surface area contributed by atoms with E-state index in [0.29, 0.717) is 36.1 Å². The Labute approximate surface area is 256 Å². The lowest BCUT2D eigenvalue weighted by Gasteiger charge is -2.62. The van der Waals surface area contributed by atoms with E-state index in [1.807, 2.05) is 5.57 Å². The molecule has 0 aromatic heterocycles. The Bertz CT molecular complexity index is 1090. The van der Waals surface area contributed by atoms with Crippen molar-refractivity contribution in [2.75, 3.05) is 6.54 Å². The number of nitrogens with one attached hydrogen (secondary N) is 2. The summed E-state index contributed by atoms with van der Waals surface area (Å²) in [6, 6.07) is -0.640. The van der Waals surface area contributed by atoms with Gasteiger partial charge >= 0.3 is 5.97 Å². The van der Waals surface area contributed by atoms with Gasteiger partial charge in [-0.2, -0.15) is 0 Å². The van der Waals surface area contributed by atoms with Gasteiger partial charge in [0.25, 0.3) is 0 Å². The largest absolute Gasteiger partial charge is 0.461 e. The van der Waals surface area contributed by atoms with E-state index in [0.717, 1.165) is 24.7 Å². The van der Waals surface area contributed by atoms with Crippen LogP contribution in [0.15, 0.2) is 22.8 Å². The summed E-state index contributed by atoms with van der Waals surface area (Å²) in [6.07, 6.45) is 15.7. The first-order valence-electron chi connectivity index (χ1n) is 17.0. The molecule has 6 N–H and O–H groups in total. The highest BCUT2D eigenvalue weighted by Gasteiger charge is 2.63. The molecule has 4 rings (SSSR count). The van der Waals surface area contributed by atoms with Crippen LogP contribution in [0.25, 0.3) is 0 Å². The number of guanidine groups is 1. The standard InChI is InChI=1S/C36H62N4O2/c1-23(2)11-9-12-24(3)25-16-20-36(8)27-14-15-29-33(4,5)30(42-31(41)28(37)13-10-22-40-32(38)39)18-19-34(29,6)26(27)17-21-35(25,36)7/h11,24-25,28-30H,9-10,12-22,37H2,1-8H3,(H4,38,39,40)/t24-,25-,28+,29?,30+,34-,35-,36+/m1/s1. The maximum absolute atomic E-state index is 13.0. The molecule has 4 aliphatic carbocycles. The maximum atomic E-state index is 13.0. The van der Waals surface area contributed by atoms with E-state index in [-0.39, 0.29) is 28.9 Å². The Morgan fingerprint density at radius 1 is 1.05 bits per heavy atom.